The summed E-state index contributed by atoms with van der Waals surface area (Å²) in [5, 5.41) is -0.603. The monoisotopic (exact) mass is 604 g/mol. The zero-order valence-electron chi connectivity index (χ0n) is 22.2. The van der Waals surface area contributed by atoms with Crippen molar-refractivity contribution in [2.75, 3.05) is 43.4 Å². The molecule has 1 atom stereocenters. The van der Waals surface area contributed by atoms with Crippen LogP contribution in [-0.2, 0) is 9.84 Å². The Hall–Kier alpha value is -2.76. The van der Waals surface area contributed by atoms with E-state index in [-0.39, 0.29) is 44.9 Å². The molecule has 1 saturated heterocycles. The quantitative estimate of drug-likeness (QED) is 0.298. The summed E-state index contributed by atoms with van der Waals surface area (Å²) in [6.07, 6.45) is 1.53. The Kier molecular flexibility index (Phi) is 8.35. The molecule has 0 spiro atoms. The zero-order valence-corrected chi connectivity index (χ0v) is 24.6. The summed E-state index contributed by atoms with van der Waals surface area (Å²) < 4.78 is 55.6. The van der Waals surface area contributed by atoms with E-state index in [0.29, 0.717) is 37.6 Å². The Labute approximate surface area is 241 Å². The topological polar surface area (TPSA) is 107 Å². The minimum atomic E-state index is -4.01. The van der Waals surface area contributed by atoms with Gasteiger partial charge in [-0.05, 0) is 42.8 Å². The molecule has 3 aromatic carbocycles. The summed E-state index contributed by atoms with van der Waals surface area (Å²) in [6, 6.07) is 18.6. The van der Waals surface area contributed by atoms with Gasteiger partial charge in [-0.15, -0.1) is 0 Å². The summed E-state index contributed by atoms with van der Waals surface area (Å²) in [6.45, 7) is 4.32. The number of halogens is 1. The number of fused-ring (bicyclic) bond motifs is 1. The number of anilines is 1. The first-order chi connectivity index (χ1) is 19.1. The molecule has 0 aromatic heterocycles. The molecule has 2 heterocycles. The highest BCUT2D eigenvalue weighted by Gasteiger charge is 2.46. The van der Waals surface area contributed by atoms with E-state index < -0.39 is 25.7 Å². The smallest absolute Gasteiger partial charge is 0.257 e. The summed E-state index contributed by atoms with van der Waals surface area (Å²) in [7, 11) is -7.42. The van der Waals surface area contributed by atoms with E-state index in [1.54, 1.807) is 23.1 Å². The van der Waals surface area contributed by atoms with E-state index in [2.05, 4.69) is 4.90 Å². The lowest BCUT2D eigenvalue weighted by molar-refractivity contribution is 0.0741. The molecule has 3 aromatic rings. The first-order valence-electron chi connectivity index (χ1n) is 13.3. The predicted octanol–water partition coefficient (Wildman–Crippen LogP) is 6.12. The number of carbonyl (C=O) groups excluding carboxylic acids is 1. The number of piperazine rings is 1. The average Bonchev–Trinajstić information content (AvgIpc) is 3.25. The van der Waals surface area contributed by atoms with Gasteiger partial charge in [0.2, 0.25) is 0 Å². The summed E-state index contributed by atoms with van der Waals surface area (Å²) >= 11 is 6.38. The van der Waals surface area contributed by atoms with Crippen LogP contribution in [0.3, 0.4) is 0 Å². The molecule has 5 rings (SSSR count). The van der Waals surface area contributed by atoms with Crippen molar-refractivity contribution in [3.63, 3.8) is 0 Å². The molecule has 11 heteroatoms. The minimum Gasteiger partial charge on any atom is -0.492 e. The van der Waals surface area contributed by atoms with Crippen LogP contribution in [0.25, 0.3) is 0 Å². The van der Waals surface area contributed by atoms with Gasteiger partial charge in [-0.2, -0.15) is 10.6 Å². The molecule has 2 N–H and O–H groups in total. The highest BCUT2D eigenvalue weighted by Crippen LogP contribution is 2.63. The van der Waals surface area contributed by atoms with E-state index in [1.807, 2.05) is 31.2 Å². The summed E-state index contributed by atoms with van der Waals surface area (Å²) in [5.74, 6) is -0.531. The van der Waals surface area contributed by atoms with Crippen LogP contribution in [0, 0.1) is 0 Å². The molecule has 0 aliphatic carbocycles. The standard InChI is InChI=1S/C29H33ClN2O6S2/c1-2-3-19-38-28-22(29(33)32-17-15-31(16-18-32)24-12-8-7-11-23(24)30)13-14-25-27(28)26(20-39(25,34)35)40(36,37)21-9-5-4-6-10-21/h4-14,26,34-35H,2-3,15-20H2,1H3. The number of hydrogen-bond donors (Lipinski definition) is 2. The van der Waals surface area contributed by atoms with Crippen LogP contribution >= 0.6 is 22.2 Å². The number of benzene rings is 3. The van der Waals surface area contributed by atoms with Crippen molar-refractivity contribution in [2.45, 2.75) is 34.8 Å². The molecule has 2 aliphatic rings. The van der Waals surface area contributed by atoms with Gasteiger partial charge in [-0.25, -0.2) is 8.42 Å². The summed E-state index contributed by atoms with van der Waals surface area (Å²) in [5.41, 5.74) is 1.32. The maximum Gasteiger partial charge on any atom is 0.257 e. The number of amides is 1. The molecule has 1 unspecified atom stereocenters. The average molecular weight is 605 g/mol. The Balaban J connectivity index is 1.51. The van der Waals surface area contributed by atoms with Crippen molar-refractivity contribution in [1.82, 2.24) is 4.90 Å². The first kappa shape index (κ1) is 28.8. The van der Waals surface area contributed by atoms with Gasteiger partial charge < -0.3 is 14.5 Å². The zero-order chi connectivity index (χ0) is 28.5. The van der Waals surface area contributed by atoms with E-state index in [0.717, 1.165) is 12.1 Å². The normalized spacial score (nSPS) is 19.2. The van der Waals surface area contributed by atoms with Gasteiger partial charge in [-0.3, -0.25) is 13.9 Å². The van der Waals surface area contributed by atoms with Crippen molar-refractivity contribution in [3.8, 4) is 5.75 Å². The molecular weight excluding hydrogens is 572 g/mol. The fraction of sp³-hybridized carbons (Fsp3) is 0.345. The number of rotatable bonds is 8. The second-order valence-corrected chi connectivity index (χ2v) is 14.6. The molecular formula is C29H33ClN2O6S2. The predicted molar refractivity (Wildman–Crippen MR) is 159 cm³/mol. The van der Waals surface area contributed by atoms with Crippen LogP contribution in [0.5, 0.6) is 5.75 Å². The van der Waals surface area contributed by atoms with Gasteiger partial charge in [0.15, 0.2) is 9.84 Å². The molecule has 2 aliphatic heterocycles. The van der Waals surface area contributed by atoms with E-state index >= 15 is 0 Å². The Morgan fingerprint density at radius 3 is 2.35 bits per heavy atom. The van der Waals surface area contributed by atoms with E-state index in [4.69, 9.17) is 16.3 Å². The molecule has 1 fully saturated rings. The largest absolute Gasteiger partial charge is 0.492 e. The lowest BCUT2D eigenvalue weighted by Crippen LogP contribution is -2.49. The van der Waals surface area contributed by atoms with Crippen molar-refractivity contribution in [2.24, 2.45) is 0 Å². The van der Waals surface area contributed by atoms with Crippen LogP contribution < -0.4 is 9.64 Å². The third-order valence-electron chi connectivity index (χ3n) is 7.40. The van der Waals surface area contributed by atoms with Gasteiger partial charge in [0.25, 0.3) is 5.91 Å². The van der Waals surface area contributed by atoms with Crippen LogP contribution in [0.2, 0.25) is 5.02 Å². The third kappa shape index (κ3) is 5.43. The molecule has 0 bridgehead atoms. The van der Waals surface area contributed by atoms with Crippen molar-refractivity contribution in [1.29, 1.82) is 0 Å². The molecule has 40 heavy (non-hydrogen) atoms. The van der Waals surface area contributed by atoms with Crippen molar-refractivity contribution < 1.29 is 27.1 Å². The highest BCUT2D eigenvalue weighted by molar-refractivity contribution is 8.25. The highest BCUT2D eigenvalue weighted by atomic mass is 35.5. The van der Waals surface area contributed by atoms with Gasteiger partial charge in [0, 0.05) is 31.7 Å². The Morgan fingerprint density at radius 2 is 1.68 bits per heavy atom. The van der Waals surface area contributed by atoms with Crippen LogP contribution in [0.4, 0.5) is 5.69 Å². The maximum absolute atomic E-state index is 13.9. The summed E-state index contributed by atoms with van der Waals surface area (Å²) in [4.78, 5) is 17.9. The fourth-order valence-corrected chi connectivity index (χ4v) is 9.91. The number of nitrogens with zero attached hydrogens (tertiary/aromatic N) is 2. The van der Waals surface area contributed by atoms with Gasteiger partial charge in [0.05, 0.1) is 38.4 Å². The van der Waals surface area contributed by atoms with Gasteiger partial charge in [0.1, 0.15) is 11.0 Å². The first-order valence-corrected chi connectivity index (χ1v) is 16.9. The molecule has 0 saturated carbocycles. The minimum absolute atomic E-state index is 0.0787. The fourth-order valence-electron chi connectivity index (χ4n) is 5.25. The number of carbonyl (C=O) groups is 1. The SMILES string of the molecule is CCCCOc1c(C(=O)N2CCN(c3ccccc3Cl)CC2)ccc2c1C(S(=O)(=O)c1ccccc1)CS2(O)O. The number of sulfone groups is 1. The number of ether oxygens (including phenoxy) is 1. The molecule has 214 valence electrons. The number of unbranched alkanes of at least 4 members (excludes halogenated alkanes) is 1. The second kappa shape index (κ2) is 11.6. The Morgan fingerprint density at radius 1 is 1.00 bits per heavy atom. The van der Waals surface area contributed by atoms with Crippen LogP contribution in [0.1, 0.15) is 40.9 Å². The van der Waals surface area contributed by atoms with Crippen molar-refractivity contribution in [3.05, 3.63) is 82.9 Å². The third-order valence-corrected chi connectivity index (χ3v) is 11.9. The Bertz CT molecular complexity index is 1490. The van der Waals surface area contributed by atoms with Crippen LogP contribution in [0.15, 0.2) is 76.5 Å². The second-order valence-electron chi connectivity index (χ2n) is 9.97. The lowest BCUT2D eigenvalue weighted by atomic mass is 10.0. The lowest BCUT2D eigenvalue weighted by Gasteiger charge is -2.37. The molecule has 8 nitrogen and oxygen atoms in total. The van der Waals surface area contributed by atoms with E-state index in [1.165, 1.54) is 24.3 Å². The van der Waals surface area contributed by atoms with Crippen LogP contribution in [-0.4, -0.2) is 66.9 Å². The number of para-hydroxylation sites is 1. The van der Waals surface area contributed by atoms with Gasteiger partial charge in [-0.1, -0.05) is 55.3 Å². The van der Waals surface area contributed by atoms with Gasteiger partial charge >= 0.3 is 0 Å². The van der Waals surface area contributed by atoms with E-state index in [9.17, 15) is 22.3 Å². The number of hydrogen-bond acceptors (Lipinski definition) is 7. The van der Waals surface area contributed by atoms with Crippen molar-refractivity contribution >= 4 is 43.6 Å². The maximum atomic E-state index is 13.9. The molecule has 1 amide bonds. The molecule has 0 radical (unpaired) electrons.